The van der Waals surface area contributed by atoms with Gasteiger partial charge < -0.3 is 9.84 Å². The zero-order chi connectivity index (χ0) is 21.2. The Bertz CT molecular complexity index is 950. The number of para-hydroxylation sites is 2. The van der Waals surface area contributed by atoms with Gasteiger partial charge in [-0.1, -0.05) is 48.5 Å². The average molecular weight is 403 g/mol. The lowest BCUT2D eigenvalue weighted by Gasteiger charge is -2.22. The van der Waals surface area contributed by atoms with E-state index in [2.05, 4.69) is 10.5 Å². The molecule has 0 bridgehead atoms. The van der Waals surface area contributed by atoms with E-state index in [1.165, 1.54) is 0 Å². The van der Waals surface area contributed by atoms with Gasteiger partial charge in [0.05, 0.1) is 11.4 Å². The van der Waals surface area contributed by atoms with Gasteiger partial charge in [0.2, 0.25) is 0 Å². The van der Waals surface area contributed by atoms with Gasteiger partial charge in [-0.3, -0.25) is 4.90 Å². The lowest BCUT2D eigenvalue weighted by Crippen LogP contribution is -2.34. The van der Waals surface area contributed by atoms with Crippen LogP contribution in [0.4, 0.5) is 16.2 Å². The number of carbonyl (C=O) groups excluding carboxylic acids is 1. The van der Waals surface area contributed by atoms with Crippen LogP contribution >= 0.6 is 0 Å². The molecule has 152 valence electrons. The smallest absolute Gasteiger partial charge is 0.346 e. The first kappa shape index (κ1) is 20.6. The molecule has 3 rings (SSSR count). The molecule has 7 nitrogen and oxygen atoms in total. The maximum atomic E-state index is 12.8. The SMILES string of the molecule is O=C(O)COc1ccc(C/C=N/NC(=O)N(c2ccccc2)c2ccccc2)cc1. The minimum absolute atomic E-state index is 0.374. The highest BCUT2D eigenvalue weighted by Crippen LogP contribution is 2.24. The number of rotatable bonds is 8. The number of hydrogen-bond donors (Lipinski definition) is 2. The van der Waals surface area contributed by atoms with Crippen LogP contribution in [0, 0.1) is 0 Å². The minimum Gasteiger partial charge on any atom is -0.482 e. The summed E-state index contributed by atoms with van der Waals surface area (Å²) in [5.41, 5.74) is 4.96. The Labute approximate surface area is 174 Å². The molecule has 0 radical (unpaired) electrons. The summed E-state index contributed by atoms with van der Waals surface area (Å²) in [5, 5.41) is 12.7. The van der Waals surface area contributed by atoms with Gasteiger partial charge in [0.25, 0.3) is 0 Å². The number of benzene rings is 3. The fourth-order valence-electron chi connectivity index (χ4n) is 2.71. The van der Waals surface area contributed by atoms with E-state index in [9.17, 15) is 9.59 Å². The third kappa shape index (κ3) is 5.93. The summed E-state index contributed by atoms with van der Waals surface area (Å²) in [4.78, 5) is 24.8. The van der Waals surface area contributed by atoms with Crippen molar-refractivity contribution >= 4 is 29.6 Å². The highest BCUT2D eigenvalue weighted by molar-refractivity contribution is 5.99. The Morgan fingerprint density at radius 2 is 1.47 bits per heavy atom. The molecule has 0 saturated carbocycles. The van der Waals surface area contributed by atoms with Gasteiger partial charge in [-0.15, -0.1) is 0 Å². The number of urea groups is 1. The number of hydrazone groups is 1. The fourth-order valence-corrected chi connectivity index (χ4v) is 2.71. The zero-order valence-electron chi connectivity index (χ0n) is 16.1. The van der Waals surface area contributed by atoms with Crippen LogP contribution in [0.3, 0.4) is 0 Å². The van der Waals surface area contributed by atoms with Gasteiger partial charge in [-0.25, -0.2) is 15.0 Å². The summed E-state index contributed by atoms with van der Waals surface area (Å²) < 4.78 is 5.09. The summed E-state index contributed by atoms with van der Waals surface area (Å²) in [6.07, 6.45) is 2.09. The summed E-state index contributed by atoms with van der Waals surface area (Å²) in [7, 11) is 0. The topological polar surface area (TPSA) is 91.2 Å². The molecule has 2 amide bonds. The van der Waals surface area contributed by atoms with E-state index in [0.29, 0.717) is 12.2 Å². The summed E-state index contributed by atoms with van der Waals surface area (Å²) in [6, 6.07) is 25.3. The zero-order valence-corrected chi connectivity index (χ0v) is 16.1. The number of carbonyl (C=O) groups is 2. The van der Waals surface area contributed by atoms with E-state index in [1.807, 2.05) is 72.8 Å². The van der Waals surface area contributed by atoms with Gasteiger partial charge in [-0.05, 0) is 42.0 Å². The van der Waals surface area contributed by atoms with Crippen LogP contribution in [0.25, 0.3) is 0 Å². The van der Waals surface area contributed by atoms with Crippen LogP contribution in [-0.4, -0.2) is 29.9 Å². The van der Waals surface area contributed by atoms with Gasteiger partial charge in [0.15, 0.2) is 6.61 Å². The van der Waals surface area contributed by atoms with Crippen molar-refractivity contribution in [2.75, 3.05) is 11.5 Å². The van der Waals surface area contributed by atoms with Crippen LogP contribution in [0.1, 0.15) is 5.56 Å². The second-order valence-corrected chi connectivity index (χ2v) is 6.27. The van der Waals surface area contributed by atoms with E-state index in [0.717, 1.165) is 16.9 Å². The van der Waals surface area contributed by atoms with Crippen molar-refractivity contribution < 1.29 is 19.4 Å². The molecule has 0 atom stereocenters. The number of nitrogens with one attached hydrogen (secondary N) is 1. The molecule has 0 fully saturated rings. The highest BCUT2D eigenvalue weighted by Gasteiger charge is 2.16. The number of nitrogens with zero attached hydrogens (tertiary/aromatic N) is 2. The first-order valence-electron chi connectivity index (χ1n) is 9.29. The number of carboxylic acid groups (broad SMARTS) is 1. The van der Waals surface area contributed by atoms with E-state index in [1.54, 1.807) is 23.2 Å². The molecule has 0 aliphatic rings. The van der Waals surface area contributed by atoms with Crippen LogP contribution in [0.2, 0.25) is 0 Å². The maximum Gasteiger partial charge on any atom is 0.346 e. The number of amides is 2. The van der Waals surface area contributed by atoms with E-state index >= 15 is 0 Å². The van der Waals surface area contributed by atoms with Crippen molar-refractivity contribution in [1.29, 1.82) is 0 Å². The van der Waals surface area contributed by atoms with Crippen molar-refractivity contribution in [3.8, 4) is 5.75 Å². The Morgan fingerprint density at radius 3 is 2.00 bits per heavy atom. The van der Waals surface area contributed by atoms with Crippen LogP contribution in [0.5, 0.6) is 5.75 Å². The fraction of sp³-hybridized carbons (Fsp3) is 0.0870. The summed E-state index contributed by atoms with van der Waals surface area (Å²) >= 11 is 0. The van der Waals surface area contributed by atoms with Crippen molar-refractivity contribution in [1.82, 2.24) is 5.43 Å². The summed E-state index contributed by atoms with van der Waals surface area (Å²) in [5.74, 6) is -0.547. The van der Waals surface area contributed by atoms with Crippen molar-refractivity contribution in [3.63, 3.8) is 0 Å². The number of hydrogen-bond acceptors (Lipinski definition) is 4. The molecule has 0 aliphatic carbocycles. The van der Waals surface area contributed by atoms with Gasteiger partial charge in [-0.2, -0.15) is 5.10 Å². The molecule has 2 N–H and O–H groups in total. The van der Waals surface area contributed by atoms with Crippen molar-refractivity contribution in [3.05, 3.63) is 90.5 Å². The van der Waals surface area contributed by atoms with Crippen LogP contribution < -0.4 is 15.1 Å². The minimum atomic E-state index is -1.03. The van der Waals surface area contributed by atoms with E-state index < -0.39 is 5.97 Å². The van der Waals surface area contributed by atoms with Crippen molar-refractivity contribution in [2.45, 2.75) is 6.42 Å². The largest absolute Gasteiger partial charge is 0.482 e. The number of aliphatic carboxylic acids is 1. The molecule has 0 aliphatic heterocycles. The number of ether oxygens (including phenoxy) is 1. The van der Waals surface area contributed by atoms with Gasteiger partial charge in [0, 0.05) is 12.6 Å². The van der Waals surface area contributed by atoms with Gasteiger partial charge >= 0.3 is 12.0 Å². The Morgan fingerprint density at radius 1 is 0.900 bits per heavy atom. The molecule has 0 aromatic heterocycles. The standard InChI is InChI=1S/C23H21N3O4/c27-22(28)17-30-21-13-11-18(12-14-21)15-16-24-25-23(29)26(19-7-3-1-4-8-19)20-9-5-2-6-10-20/h1-14,16H,15,17H2,(H,25,29)(H,27,28)/b24-16+. The quantitative estimate of drug-likeness (QED) is 0.435. The Hall–Kier alpha value is -4.13. The molecule has 3 aromatic carbocycles. The molecule has 0 spiro atoms. The number of carboxylic acids is 1. The normalized spacial score (nSPS) is 10.5. The number of anilines is 2. The summed E-state index contributed by atoms with van der Waals surface area (Å²) in [6.45, 7) is -0.383. The predicted octanol–water partition coefficient (Wildman–Crippen LogP) is 4.23. The van der Waals surface area contributed by atoms with Gasteiger partial charge in [0.1, 0.15) is 5.75 Å². The second kappa shape index (κ2) is 10.4. The Kier molecular flexibility index (Phi) is 7.16. The first-order chi connectivity index (χ1) is 14.6. The predicted molar refractivity (Wildman–Crippen MR) is 115 cm³/mol. The molecule has 7 heteroatoms. The monoisotopic (exact) mass is 403 g/mol. The van der Waals surface area contributed by atoms with E-state index in [-0.39, 0.29) is 12.6 Å². The molecule has 0 heterocycles. The van der Waals surface area contributed by atoms with Crippen molar-refractivity contribution in [2.24, 2.45) is 5.10 Å². The lowest BCUT2D eigenvalue weighted by atomic mass is 10.2. The first-order valence-corrected chi connectivity index (χ1v) is 9.29. The van der Waals surface area contributed by atoms with Crippen LogP contribution in [-0.2, 0) is 11.2 Å². The third-order valence-corrected chi connectivity index (χ3v) is 4.10. The molecular formula is C23H21N3O4. The second-order valence-electron chi connectivity index (χ2n) is 6.27. The molecule has 0 saturated heterocycles. The Balaban J connectivity index is 1.60. The molecule has 0 unspecified atom stereocenters. The van der Waals surface area contributed by atoms with E-state index in [4.69, 9.17) is 9.84 Å². The molecular weight excluding hydrogens is 382 g/mol. The highest BCUT2D eigenvalue weighted by atomic mass is 16.5. The average Bonchev–Trinajstić information content (AvgIpc) is 2.78. The lowest BCUT2D eigenvalue weighted by molar-refractivity contribution is -0.139. The molecule has 3 aromatic rings. The maximum absolute atomic E-state index is 12.8. The van der Waals surface area contributed by atoms with Crippen LogP contribution in [0.15, 0.2) is 90.0 Å². The third-order valence-electron chi connectivity index (χ3n) is 4.10. The molecule has 30 heavy (non-hydrogen) atoms.